The zero-order valence-corrected chi connectivity index (χ0v) is 14.1. The van der Waals surface area contributed by atoms with Crippen molar-refractivity contribution in [2.45, 2.75) is 58.4 Å². The highest BCUT2D eigenvalue weighted by atomic mass is 16.1. The molecule has 1 saturated heterocycles. The van der Waals surface area contributed by atoms with Crippen molar-refractivity contribution in [2.75, 3.05) is 19.6 Å². The molecule has 1 N–H and O–H groups in total. The van der Waals surface area contributed by atoms with E-state index in [2.05, 4.69) is 41.4 Å². The van der Waals surface area contributed by atoms with Gasteiger partial charge in [-0.05, 0) is 44.8 Å². The third-order valence-corrected chi connectivity index (χ3v) is 4.51. The van der Waals surface area contributed by atoms with Gasteiger partial charge in [0.05, 0.1) is 6.04 Å². The summed E-state index contributed by atoms with van der Waals surface area (Å²) in [5.41, 5.74) is 2.61. The Bertz CT molecular complexity index is 447. The van der Waals surface area contributed by atoms with E-state index in [9.17, 15) is 4.79 Å². The Hall–Kier alpha value is -1.35. The van der Waals surface area contributed by atoms with E-state index < -0.39 is 0 Å². The van der Waals surface area contributed by atoms with Gasteiger partial charge in [-0.2, -0.15) is 0 Å². The monoisotopic (exact) mass is 302 g/mol. The number of rotatable bonds is 6. The SMILES string of the molecule is CCCC(=O)NC[C@@H](c1ccc(C)cc1)N1CCCCCC1. The predicted molar refractivity (Wildman–Crippen MR) is 91.9 cm³/mol. The predicted octanol–water partition coefficient (Wildman–Crippen LogP) is 3.83. The summed E-state index contributed by atoms with van der Waals surface area (Å²) in [5, 5.41) is 3.13. The first kappa shape index (κ1) is 17.0. The highest BCUT2D eigenvalue weighted by molar-refractivity contribution is 5.75. The summed E-state index contributed by atoms with van der Waals surface area (Å²) < 4.78 is 0. The highest BCUT2D eigenvalue weighted by Crippen LogP contribution is 2.24. The van der Waals surface area contributed by atoms with Crippen molar-refractivity contribution in [2.24, 2.45) is 0 Å². The van der Waals surface area contributed by atoms with Crippen molar-refractivity contribution in [3.8, 4) is 0 Å². The van der Waals surface area contributed by atoms with Crippen molar-refractivity contribution in [1.29, 1.82) is 0 Å². The van der Waals surface area contributed by atoms with Crippen LogP contribution in [-0.2, 0) is 4.79 Å². The van der Waals surface area contributed by atoms with Crippen LogP contribution in [0.2, 0.25) is 0 Å². The minimum absolute atomic E-state index is 0.175. The number of aryl methyl sites for hydroxylation is 1. The van der Waals surface area contributed by atoms with E-state index in [-0.39, 0.29) is 5.91 Å². The summed E-state index contributed by atoms with van der Waals surface area (Å²) in [6.45, 7) is 7.17. The topological polar surface area (TPSA) is 32.3 Å². The number of hydrogen-bond acceptors (Lipinski definition) is 2. The second kappa shape index (κ2) is 8.94. The molecule has 1 aliphatic heterocycles. The number of amides is 1. The van der Waals surface area contributed by atoms with Crippen molar-refractivity contribution in [3.63, 3.8) is 0 Å². The van der Waals surface area contributed by atoms with Gasteiger partial charge >= 0.3 is 0 Å². The third kappa shape index (κ3) is 5.13. The molecular weight excluding hydrogens is 272 g/mol. The van der Waals surface area contributed by atoms with E-state index in [4.69, 9.17) is 0 Å². The molecule has 3 heteroatoms. The zero-order valence-electron chi connectivity index (χ0n) is 14.1. The number of nitrogens with one attached hydrogen (secondary N) is 1. The van der Waals surface area contributed by atoms with Gasteiger partial charge in [0.15, 0.2) is 0 Å². The summed E-state index contributed by atoms with van der Waals surface area (Å²) >= 11 is 0. The quantitative estimate of drug-likeness (QED) is 0.866. The van der Waals surface area contributed by atoms with Crippen molar-refractivity contribution >= 4 is 5.91 Å². The molecule has 0 bridgehead atoms. The van der Waals surface area contributed by atoms with Gasteiger partial charge in [-0.1, -0.05) is 49.6 Å². The molecule has 1 aromatic carbocycles. The second-order valence-electron chi connectivity index (χ2n) is 6.43. The maximum atomic E-state index is 11.9. The van der Waals surface area contributed by atoms with Crippen LogP contribution in [0.15, 0.2) is 24.3 Å². The van der Waals surface area contributed by atoms with Crippen LogP contribution in [0.25, 0.3) is 0 Å². The van der Waals surface area contributed by atoms with Crippen molar-refractivity contribution in [1.82, 2.24) is 10.2 Å². The summed E-state index contributed by atoms with van der Waals surface area (Å²) in [5.74, 6) is 0.175. The number of carbonyl (C=O) groups excluding carboxylic acids is 1. The molecule has 1 fully saturated rings. The standard InChI is InChI=1S/C19H30N2O/c1-3-8-19(22)20-15-18(17-11-9-16(2)10-12-17)21-13-6-4-5-7-14-21/h9-12,18H,3-8,13-15H2,1-2H3,(H,20,22)/t18-/m0/s1. The van der Waals surface area contributed by atoms with Gasteiger partial charge in [0.25, 0.3) is 0 Å². The van der Waals surface area contributed by atoms with Gasteiger partial charge in [-0.3, -0.25) is 9.69 Å². The minimum Gasteiger partial charge on any atom is -0.354 e. The van der Waals surface area contributed by atoms with Crippen molar-refractivity contribution in [3.05, 3.63) is 35.4 Å². The maximum Gasteiger partial charge on any atom is 0.220 e. The smallest absolute Gasteiger partial charge is 0.220 e. The molecule has 1 aromatic rings. The van der Waals surface area contributed by atoms with E-state index in [1.165, 1.54) is 36.8 Å². The second-order valence-corrected chi connectivity index (χ2v) is 6.43. The van der Waals surface area contributed by atoms with Gasteiger partial charge in [0.1, 0.15) is 0 Å². The average Bonchev–Trinajstić information content (AvgIpc) is 2.79. The molecule has 22 heavy (non-hydrogen) atoms. The first-order valence-electron chi connectivity index (χ1n) is 8.78. The number of hydrogen-bond donors (Lipinski definition) is 1. The van der Waals surface area contributed by atoms with Crippen molar-refractivity contribution < 1.29 is 4.79 Å². The number of benzene rings is 1. The Balaban J connectivity index is 2.08. The Labute approximate surface area is 135 Å². The lowest BCUT2D eigenvalue weighted by Crippen LogP contribution is -2.38. The fourth-order valence-electron chi connectivity index (χ4n) is 3.18. The molecule has 0 aromatic heterocycles. The molecule has 1 heterocycles. The van der Waals surface area contributed by atoms with Gasteiger partial charge in [-0.25, -0.2) is 0 Å². The fraction of sp³-hybridized carbons (Fsp3) is 0.632. The maximum absolute atomic E-state index is 11.9. The van der Waals surface area contributed by atoms with Gasteiger partial charge in [-0.15, -0.1) is 0 Å². The molecule has 1 amide bonds. The highest BCUT2D eigenvalue weighted by Gasteiger charge is 2.21. The van der Waals surface area contributed by atoms with Crippen LogP contribution in [-0.4, -0.2) is 30.4 Å². The molecule has 0 unspecified atom stereocenters. The summed E-state index contributed by atoms with van der Waals surface area (Å²) in [7, 11) is 0. The van der Waals surface area contributed by atoms with Crippen LogP contribution in [0, 0.1) is 6.92 Å². The normalized spacial score (nSPS) is 17.7. The molecule has 0 aliphatic carbocycles. The van der Waals surface area contributed by atoms with Crippen LogP contribution in [0.1, 0.15) is 62.6 Å². The molecule has 1 aliphatic rings. The Morgan fingerprint density at radius 3 is 2.36 bits per heavy atom. The molecule has 0 radical (unpaired) electrons. The summed E-state index contributed by atoms with van der Waals surface area (Å²) in [4.78, 5) is 14.4. The van der Waals surface area contributed by atoms with E-state index in [0.717, 1.165) is 26.1 Å². The summed E-state index contributed by atoms with van der Waals surface area (Å²) in [6.07, 6.45) is 6.74. The average molecular weight is 302 g/mol. The molecule has 1 atom stereocenters. The molecule has 122 valence electrons. The third-order valence-electron chi connectivity index (χ3n) is 4.51. The lowest BCUT2D eigenvalue weighted by atomic mass is 10.0. The fourth-order valence-corrected chi connectivity index (χ4v) is 3.18. The number of nitrogens with zero attached hydrogens (tertiary/aromatic N) is 1. The lowest BCUT2D eigenvalue weighted by Gasteiger charge is -2.31. The summed E-state index contributed by atoms with van der Waals surface area (Å²) in [6, 6.07) is 9.09. The Kier molecular flexibility index (Phi) is 6.91. The molecule has 2 rings (SSSR count). The first-order valence-corrected chi connectivity index (χ1v) is 8.78. The number of carbonyl (C=O) groups is 1. The van der Waals surface area contributed by atoms with Crippen LogP contribution < -0.4 is 5.32 Å². The first-order chi connectivity index (χ1) is 10.7. The van der Waals surface area contributed by atoms with E-state index in [0.29, 0.717) is 12.5 Å². The number of likely N-dealkylation sites (tertiary alicyclic amines) is 1. The van der Waals surface area contributed by atoms with Crippen LogP contribution in [0.5, 0.6) is 0 Å². The largest absolute Gasteiger partial charge is 0.354 e. The lowest BCUT2D eigenvalue weighted by molar-refractivity contribution is -0.121. The molecule has 0 saturated carbocycles. The van der Waals surface area contributed by atoms with Gasteiger partial charge in [0, 0.05) is 13.0 Å². The van der Waals surface area contributed by atoms with Gasteiger partial charge in [0.2, 0.25) is 5.91 Å². The molecular formula is C19H30N2O. The zero-order chi connectivity index (χ0) is 15.8. The van der Waals surface area contributed by atoms with E-state index >= 15 is 0 Å². The van der Waals surface area contributed by atoms with E-state index in [1.807, 2.05) is 6.92 Å². The Morgan fingerprint density at radius 2 is 1.77 bits per heavy atom. The van der Waals surface area contributed by atoms with Crippen LogP contribution in [0.3, 0.4) is 0 Å². The van der Waals surface area contributed by atoms with Crippen LogP contribution >= 0.6 is 0 Å². The molecule has 3 nitrogen and oxygen atoms in total. The van der Waals surface area contributed by atoms with E-state index in [1.54, 1.807) is 0 Å². The Morgan fingerprint density at radius 1 is 1.14 bits per heavy atom. The van der Waals surface area contributed by atoms with Gasteiger partial charge < -0.3 is 5.32 Å². The van der Waals surface area contributed by atoms with Crippen LogP contribution in [0.4, 0.5) is 0 Å². The molecule has 0 spiro atoms. The minimum atomic E-state index is 0.175.